The molecule has 3 rings (SSSR count). The summed E-state index contributed by atoms with van der Waals surface area (Å²) in [6.45, 7) is 0.386. The maximum absolute atomic E-state index is 12.8. The number of nitrogen functional groups attached to an aromatic ring is 2. The van der Waals surface area contributed by atoms with E-state index in [1.807, 2.05) is 0 Å². The molecule has 24 heteroatoms. The standard InChI is InChI=1S/C33H46N10O12S2/c1-15(2-7-23(47)37-12-21(45)25(48)26(49)22(46)13-44)29(50)41-20(32(54)55)14-57-56-9-8-19(31(52)53)40-30(51)16-3-5-17(6-4-16)36-10-18-11-38-28-24(39-18)27(34)42-33(35)43-28/h3-6,11,15,19-22,25-26,36,44-46,48-49H,2,7-10,12-14H2,1H3,(H,37,47)(H,40,51)(H,41,50)(H,52,53)(H,54,55)(H4,34,35,38,42,43)/t15-,19-,20?,21-,22+,25+,26+/m0/s1. The Morgan fingerprint density at radius 1 is 0.842 bits per heavy atom. The fourth-order valence-electron chi connectivity index (χ4n) is 4.80. The zero-order valence-electron chi connectivity index (χ0n) is 30.5. The van der Waals surface area contributed by atoms with Crippen molar-refractivity contribution in [2.24, 2.45) is 5.92 Å². The Morgan fingerprint density at radius 2 is 1.51 bits per heavy atom. The number of anilines is 3. The maximum Gasteiger partial charge on any atom is 0.327 e. The van der Waals surface area contributed by atoms with Crippen LogP contribution in [0.25, 0.3) is 11.2 Å². The van der Waals surface area contributed by atoms with Crippen LogP contribution in [-0.2, 0) is 25.7 Å². The van der Waals surface area contributed by atoms with E-state index in [2.05, 4.69) is 41.2 Å². The largest absolute Gasteiger partial charge is 0.480 e. The maximum atomic E-state index is 12.8. The molecule has 15 N–H and O–H groups in total. The van der Waals surface area contributed by atoms with Gasteiger partial charge in [0.15, 0.2) is 17.0 Å². The van der Waals surface area contributed by atoms with Crippen LogP contribution in [0.15, 0.2) is 30.5 Å². The number of hydrogen-bond acceptors (Lipinski definition) is 19. The summed E-state index contributed by atoms with van der Waals surface area (Å²) in [6.07, 6.45) is -5.75. The highest BCUT2D eigenvalue weighted by atomic mass is 33.1. The summed E-state index contributed by atoms with van der Waals surface area (Å²) in [7, 11) is 2.24. The first-order valence-corrected chi connectivity index (χ1v) is 19.8. The molecule has 0 aliphatic rings. The van der Waals surface area contributed by atoms with Gasteiger partial charge in [0.05, 0.1) is 31.1 Å². The molecule has 1 aromatic carbocycles. The third-order valence-electron chi connectivity index (χ3n) is 8.23. The molecule has 7 atom stereocenters. The minimum atomic E-state index is -1.86. The molecule has 3 amide bonds. The average Bonchev–Trinajstić information content (AvgIpc) is 3.18. The van der Waals surface area contributed by atoms with E-state index in [1.165, 1.54) is 25.3 Å². The summed E-state index contributed by atoms with van der Waals surface area (Å²) in [4.78, 5) is 77.8. The average molecular weight is 839 g/mol. The summed E-state index contributed by atoms with van der Waals surface area (Å²) in [5.41, 5.74) is 13.4. The number of carboxylic acids is 2. The van der Waals surface area contributed by atoms with Gasteiger partial charge in [-0.25, -0.2) is 19.6 Å². The zero-order valence-corrected chi connectivity index (χ0v) is 32.1. The lowest BCUT2D eigenvalue weighted by molar-refractivity contribution is -0.141. The van der Waals surface area contributed by atoms with Gasteiger partial charge in [-0.05, 0) is 37.1 Å². The first kappa shape index (κ1) is 46.3. The van der Waals surface area contributed by atoms with E-state index in [0.717, 1.165) is 21.6 Å². The van der Waals surface area contributed by atoms with Crippen molar-refractivity contribution >= 4 is 79.9 Å². The van der Waals surface area contributed by atoms with Crippen LogP contribution < -0.4 is 32.7 Å². The van der Waals surface area contributed by atoms with E-state index in [4.69, 9.17) is 16.6 Å². The van der Waals surface area contributed by atoms with Crippen LogP contribution in [0.2, 0.25) is 0 Å². The van der Waals surface area contributed by atoms with Crippen molar-refractivity contribution in [2.45, 2.75) is 69.2 Å². The second-order valence-corrected chi connectivity index (χ2v) is 15.3. The number of carbonyl (C=O) groups is 5. The first-order chi connectivity index (χ1) is 27.0. The number of nitrogens with zero attached hydrogens (tertiary/aromatic N) is 4. The molecule has 0 spiro atoms. The molecule has 0 aliphatic heterocycles. The number of rotatable bonds is 24. The fraction of sp³-hybridized carbons (Fsp3) is 0.485. The number of aliphatic carboxylic acids is 2. The number of carbonyl (C=O) groups excluding carboxylic acids is 3. The lowest BCUT2D eigenvalue weighted by Gasteiger charge is -2.25. The van der Waals surface area contributed by atoms with E-state index in [1.54, 1.807) is 12.1 Å². The van der Waals surface area contributed by atoms with Crippen LogP contribution in [0.3, 0.4) is 0 Å². The Hall–Kier alpha value is -5.11. The minimum absolute atomic E-state index is 0.00497. The molecule has 0 radical (unpaired) electrons. The van der Waals surface area contributed by atoms with Gasteiger partial charge in [0, 0.05) is 41.6 Å². The number of carboxylic acid groups (broad SMARTS) is 2. The molecule has 0 fully saturated rings. The van der Waals surface area contributed by atoms with Gasteiger partial charge in [0.2, 0.25) is 17.8 Å². The molecule has 57 heavy (non-hydrogen) atoms. The third kappa shape index (κ3) is 14.7. The molecule has 0 saturated carbocycles. The molecule has 2 aromatic heterocycles. The summed E-state index contributed by atoms with van der Waals surface area (Å²) >= 11 is 0. The van der Waals surface area contributed by atoms with Gasteiger partial charge >= 0.3 is 11.9 Å². The molecule has 0 bridgehead atoms. The Morgan fingerprint density at radius 3 is 2.16 bits per heavy atom. The zero-order chi connectivity index (χ0) is 42.2. The second-order valence-electron chi connectivity index (χ2n) is 12.6. The van der Waals surface area contributed by atoms with Gasteiger partial charge in [-0.3, -0.25) is 14.4 Å². The van der Waals surface area contributed by atoms with E-state index in [0.29, 0.717) is 16.9 Å². The number of benzene rings is 1. The number of aliphatic hydroxyl groups is 5. The van der Waals surface area contributed by atoms with Crippen molar-refractivity contribution in [3.05, 3.63) is 41.7 Å². The van der Waals surface area contributed by atoms with Crippen LogP contribution in [0.1, 0.15) is 42.2 Å². The SMILES string of the molecule is C[C@@H](CCC(=O)NC[C@H](O)[C@@H](O)[C@H](O)[C@H](O)CO)C(=O)NC(CSSCC[C@H](NC(=O)c1ccc(NCc2cnc3nc(N)nc(N)c3n2)cc1)C(=O)O)C(=O)O. The normalized spacial score (nSPS) is 15.0. The highest BCUT2D eigenvalue weighted by Gasteiger charge is 2.30. The highest BCUT2D eigenvalue weighted by molar-refractivity contribution is 8.76. The molecule has 2 heterocycles. The third-order valence-corrected chi connectivity index (χ3v) is 10.7. The Bertz CT molecular complexity index is 1850. The Balaban J connectivity index is 1.38. The number of nitrogens with two attached hydrogens (primary N) is 2. The molecule has 0 aliphatic carbocycles. The summed E-state index contributed by atoms with van der Waals surface area (Å²) in [6, 6.07) is 3.74. The van der Waals surface area contributed by atoms with Crippen LogP contribution in [0, 0.1) is 5.92 Å². The predicted octanol–water partition coefficient (Wildman–Crippen LogP) is -2.31. The predicted molar refractivity (Wildman–Crippen MR) is 208 cm³/mol. The van der Waals surface area contributed by atoms with Crippen LogP contribution in [-0.4, -0.2) is 146 Å². The van der Waals surface area contributed by atoms with Crippen molar-refractivity contribution in [2.75, 3.05) is 41.4 Å². The van der Waals surface area contributed by atoms with Crippen molar-refractivity contribution in [1.29, 1.82) is 0 Å². The van der Waals surface area contributed by atoms with E-state index in [-0.39, 0.29) is 60.3 Å². The monoisotopic (exact) mass is 838 g/mol. The number of hydrogen-bond donors (Lipinski definition) is 13. The van der Waals surface area contributed by atoms with Crippen molar-refractivity contribution in [3.8, 4) is 0 Å². The summed E-state index contributed by atoms with van der Waals surface area (Å²) in [5.74, 6) is -5.02. The van der Waals surface area contributed by atoms with E-state index in [9.17, 15) is 54.6 Å². The van der Waals surface area contributed by atoms with Crippen molar-refractivity contribution < 1.29 is 59.7 Å². The second kappa shape index (κ2) is 22.6. The van der Waals surface area contributed by atoms with Gasteiger partial charge in [0.25, 0.3) is 5.91 Å². The lowest BCUT2D eigenvalue weighted by atomic mass is 10.0. The first-order valence-electron chi connectivity index (χ1n) is 17.3. The smallest absolute Gasteiger partial charge is 0.327 e. The molecular formula is C33H46N10O12S2. The lowest BCUT2D eigenvalue weighted by Crippen LogP contribution is -2.49. The molecule has 1 unspecified atom stereocenters. The topological polar surface area (TPSA) is 379 Å². The van der Waals surface area contributed by atoms with Crippen LogP contribution in [0.4, 0.5) is 17.5 Å². The summed E-state index contributed by atoms with van der Waals surface area (Å²) in [5, 5.41) is 77.2. The minimum Gasteiger partial charge on any atom is -0.480 e. The highest BCUT2D eigenvalue weighted by Crippen LogP contribution is 2.24. The molecule has 3 aromatic rings. The Kier molecular flexibility index (Phi) is 18.3. The number of nitrogens with one attached hydrogen (secondary N) is 4. The van der Waals surface area contributed by atoms with E-state index < -0.39 is 85.2 Å². The molecular weight excluding hydrogens is 793 g/mol. The summed E-state index contributed by atoms with van der Waals surface area (Å²) < 4.78 is 0. The van der Waals surface area contributed by atoms with E-state index >= 15 is 0 Å². The molecule has 0 saturated heterocycles. The van der Waals surface area contributed by atoms with Gasteiger partial charge in [-0.1, -0.05) is 28.5 Å². The van der Waals surface area contributed by atoms with Gasteiger partial charge in [0.1, 0.15) is 30.4 Å². The van der Waals surface area contributed by atoms with Gasteiger partial charge < -0.3 is 68.5 Å². The fourth-order valence-corrected chi connectivity index (χ4v) is 7.05. The van der Waals surface area contributed by atoms with Crippen LogP contribution in [0.5, 0.6) is 0 Å². The number of aromatic nitrogens is 4. The number of aliphatic hydroxyl groups excluding tert-OH is 5. The van der Waals surface area contributed by atoms with Crippen LogP contribution >= 0.6 is 21.6 Å². The molecule has 22 nitrogen and oxygen atoms in total. The Labute approximate surface area is 333 Å². The number of fused-ring (bicyclic) bond motifs is 1. The van der Waals surface area contributed by atoms with Gasteiger partial charge in [-0.2, -0.15) is 9.97 Å². The number of amides is 3. The molecule has 312 valence electrons. The van der Waals surface area contributed by atoms with Crippen molar-refractivity contribution in [3.63, 3.8) is 0 Å². The quantitative estimate of drug-likeness (QED) is 0.0333. The van der Waals surface area contributed by atoms with Crippen molar-refractivity contribution in [1.82, 2.24) is 35.9 Å². The van der Waals surface area contributed by atoms with Gasteiger partial charge in [-0.15, -0.1) is 0 Å².